The highest BCUT2D eigenvalue weighted by molar-refractivity contribution is 5.39. The first-order valence-corrected chi connectivity index (χ1v) is 5.17. The molecule has 1 aliphatic rings. The van der Waals surface area contributed by atoms with E-state index in [1.165, 1.54) is 12.8 Å². The Hall–Kier alpha value is -1.09. The number of nitrogens with one attached hydrogen (secondary N) is 1. The number of rotatable bonds is 4. The molecule has 14 heavy (non-hydrogen) atoms. The largest absolute Gasteiger partial charge is 0.384 e. The van der Waals surface area contributed by atoms with Crippen LogP contribution in [0.15, 0.2) is 24.5 Å². The molecule has 1 atom stereocenters. The average Bonchev–Trinajstić information content (AvgIpc) is 2.72. The van der Waals surface area contributed by atoms with Crippen LogP contribution >= 0.6 is 0 Å². The maximum atomic E-state index is 5.32. The van der Waals surface area contributed by atoms with Crippen LogP contribution in [0.3, 0.4) is 0 Å². The molecular formula is C11H16N2O. The summed E-state index contributed by atoms with van der Waals surface area (Å²) in [4.78, 5) is 4.05. The SMILES string of the molecule is c1cncc(NCCC2CCOC2)c1. The lowest BCUT2D eigenvalue weighted by Crippen LogP contribution is -2.08. The van der Waals surface area contributed by atoms with E-state index < -0.39 is 0 Å². The summed E-state index contributed by atoms with van der Waals surface area (Å²) in [7, 11) is 0. The number of hydrogen-bond acceptors (Lipinski definition) is 3. The Morgan fingerprint density at radius 2 is 2.57 bits per heavy atom. The summed E-state index contributed by atoms with van der Waals surface area (Å²) in [5, 5.41) is 3.35. The molecule has 1 aromatic rings. The molecule has 0 aromatic carbocycles. The average molecular weight is 192 g/mol. The second-order valence-corrected chi connectivity index (χ2v) is 3.69. The van der Waals surface area contributed by atoms with Gasteiger partial charge in [-0.15, -0.1) is 0 Å². The summed E-state index contributed by atoms with van der Waals surface area (Å²) in [6, 6.07) is 3.99. The topological polar surface area (TPSA) is 34.2 Å². The number of anilines is 1. The van der Waals surface area contributed by atoms with E-state index in [9.17, 15) is 0 Å². The summed E-state index contributed by atoms with van der Waals surface area (Å²) >= 11 is 0. The molecule has 3 heteroatoms. The quantitative estimate of drug-likeness (QED) is 0.791. The van der Waals surface area contributed by atoms with Crippen molar-refractivity contribution < 1.29 is 4.74 Å². The first-order chi connectivity index (χ1) is 6.95. The van der Waals surface area contributed by atoms with Gasteiger partial charge in [-0.1, -0.05) is 0 Å². The van der Waals surface area contributed by atoms with Gasteiger partial charge in [-0.2, -0.15) is 0 Å². The van der Waals surface area contributed by atoms with Gasteiger partial charge in [-0.25, -0.2) is 0 Å². The van der Waals surface area contributed by atoms with Crippen molar-refractivity contribution in [3.8, 4) is 0 Å². The number of nitrogens with zero attached hydrogens (tertiary/aromatic N) is 1. The molecule has 76 valence electrons. The van der Waals surface area contributed by atoms with Crippen LogP contribution in [0.2, 0.25) is 0 Å². The van der Waals surface area contributed by atoms with Gasteiger partial charge in [0.05, 0.1) is 5.69 Å². The van der Waals surface area contributed by atoms with E-state index in [1.54, 1.807) is 6.20 Å². The molecule has 1 aliphatic heterocycles. The summed E-state index contributed by atoms with van der Waals surface area (Å²) < 4.78 is 5.32. The third-order valence-electron chi connectivity index (χ3n) is 2.57. The van der Waals surface area contributed by atoms with Gasteiger partial charge in [0.15, 0.2) is 0 Å². The van der Waals surface area contributed by atoms with Gasteiger partial charge in [0.1, 0.15) is 0 Å². The van der Waals surface area contributed by atoms with Gasteiger partial charge in [0.25, 0.3) is 0 Å². The molecule has 2 heterocycles. The fourth-order valence-corrected chi connectivity index (χ4v) is 1.70. The predicted molar refractivity (Wildman–Crippen MR) is 56.3 cm³/mol. The molecule has 1 aromatic heterocycles. The van der Waals surface area contributed by atoms with Crippen molar-refractivity contribution in [3.63, 3.8) is 0 Å². The van der Waals surface area contributed by atoms with Gasteiger partial charge in [-0.05, 0) is 30.9 Å². The third kappa shape index (κ3) is 2.70. The Labute approximate surface area is 84.5 Å². The normalized spacial score (nSPS) is 21.0. The second kappa shape index (κ2) is 4.96. The third-order valence-corrected chi connectivity index (χ3v) is 2.57. The molecule has 0 radical (unpaired) electrons. The number of ether oxygens (including phenoxy) is 1. The van der Waals surface area contributed by atoms with Crippen LogP contribution in [0.1, 0.15) is 12.8 Å². The number of hydrogen-bond donors (Lipinski definition) is 1. The fourth-order valence-electron chi connectivity index (χ4n) is 1.70. The molecule has 1 saturated heterocycles. The smallest absolute Gasteiger partial charge is 0.0526 e. The summed E-state index contributed by atoms with van der Waals surface area (Å²) in [5.41, 5.74) is 1.10. The van der Waals surface area contributed by atoms with Crippen LogP contribution in [0, 0.1) is 5.92 Å². The minimum Gasteiger partial charge on any atom is -0.384 e. The van der Waals surface area contributed by atoms with Crippen LogP contribution in [-0.2, 0) is 4.74 Å². The molecule has 2 rings (SSSR count). The highest BCUT2D eigenvalue weighted by Gasteiger charge is 2.14. The molecule has 0 bridgehead atoms. The maximum Gasteiger partial charge on any atom is 0.0526 e. The Bertz CT molecular complexity index is 257. The van der Waals surface area contributed by atoms with Crippen LogP contribution in [0.25, 0.3) is 0 Å². The Morgan fingerprint density at radius 1 is 1.57 bits per heavy atom. The molecule has 0 spiro atoms. The highest BCUT2D eigenvalue weighted by Crippen LogP contribution is 2.16. The summed E-state index contributed by atoms with van der Waals surface area (Å²) in [5.74, 6) is 0.749. The lowest BCUT2D eigenvalue weighted by Gasteiger charge is -2.08. The van der Waals surface area contributed by atoms with Crippen LogP contribution in [0.5, 0.6) is 0 Å². The van der Waals surface area contributed by atoms with E-state index in [0.29, 0.717) is 0 Å². The first-order valence-electron chi connectivity index (χ1n) is 5.17. The molecule has 0 amide bonds. The van der Waals surface area contributed by atoms with E-state index in [2.05, 4.69) is 10.3 Å². The van der Waals surface area contributed by atoms with E-state index in [-0.39, 0.29) is 0 Å². The number of pyridine rings is 1. The minimum absolute atomic E-state index is 0.749. The first kappa shape index (κ1) is 9.46. The highest BCUT2D eigenvalue weighted by atomic mass is 16.5. The summed E-state index contributed by atoms with van der Waals surface area (Å²) in [6.45, 7) is 2.89. The Kier molecular flexibility index (Phi) is 3.35. The standard InChI is InChI=1S/C11H16N2O/c1-2-11(8-12-5-1)13-6-3-10-4-7-14-9-10/h1-2,5,8,10,13H,3-4,6-7,9H2. The number of aromatic nitrogens is 1. The Balaban J connectivity index is 1.67. The van der Waals surface area contributed by atoms with Gasteiger partial charge in [0, 0.05) is 32.2 Å². The molecule has 1 fully saturated rings. The van der Waals surface area contributed by atoms with Gasteiger partial charge in [0.2, 0.25) is 0 Å². The zero-order chi connectivity index (χ0) is 9.64. The van der Waals surface area contributed by atoms with E-state index in [0.717, 1.165) is 31.4 Å². The Morgan fingerprint density at radius 3 is 3.29 bits per heavy atom. The van der Waals surface area contributed by atoms with Crippen molar-refractivity contribution in [2.45, 2.75) is 12.8 Å². The second-order valence-electron chi connectivity index (χ2n) is 3.69. The molecular weight excluding hydrogens is 176 g/mol. The zero-order valence-electron chi connectivity index (χ0n) is 8.28. The van der Waals surface area contributed by atoms with E-state index in [4.69, 9.17) is 4.74 Å². The fraction of sp³-hybridized carbons (Fsp3) is 0.545. The van der Waals surface area contributed by atoms with Crippen molar-refractivity contribution in [2.24, 2.45) is 5.92 Å². The van der Waals surface area contributed by atoms with Crippen LogP contribution in [-0.4, -0.2) is 24.7 Å². The monoisotopic (exact) mass is 192 g/mol. The molecule has 1 unspecified atom stereocenters. The van der Waals surface area contributed by atoms with Gasteiger partial charge in [-0.3, -0.25) is 4.98 Å². The minimum atomic E-state index is 0.749. The van der Waals surface area contributed by atoms with Crippen molar-refractivity contribution in [2.75, 3.05) is 25.1 Å². The van der Waals surface area contributed by atoms with Crippen molar-refractivity contribution in [1.82, 2.24) is 4.98 Å². The maximum absolute atomic E-state index is 5.32. The molecule has 1 N–H and O–H groups in total. The van der Waals surface area contributed by atoms with E-state index in [1.807, 2.05) is 18.3 Å². The summed E-state index contributed by atoms with van der Waals surface area (Å²) in [6.07, 6.45) is 6.05. The van der Waals surface area contributed by atoms with Crippen LogP contribution in [0.4, 0.5) is 5.69 Å². The zero-order valence-corrected chi connectivity index (χ0v) is 8.28. The van der Waals surface area contributed by atoms with Crippen molar-refractivity contribution in [1.29, 1.82) is 0 Å². The van der Waals surface area contributed by atoms with Gasteiger partial charge >= 0.3 is 0 Å². The van der Waals surface area contributed by atoms with Crippen molar-refractivity contribution >= 4 is 5.69 Å². The van der Waals surface area contributed by atoms with Crippen molar-refractivity contribution in [3.05, 3.63) is 24.5 Å². The van der Waals surface area contributed by atoms with Gasteiger partial charge < -0.3 is 10.1 Å². The molecule has 0 aliphatic carbocycles. The lowest BCUT2D eigenvalue weighted by atomic mass is 10.1. The van der Waals surface area contributed by atoms with E-state index >= 15 is 0 Å². The van der Waals surface area contributed by atoms with Crippen LogP contribution < -0.4 is 5.32 Å². The molecule has 3 nitrogen and oxygen atoms in total. The predicted octanol–water partition coefficient (Wildman–Crippen LogP) is 1.92. The lowest BCUT2D eigenvalue weighted by molar-refractivity contribution is 0.185. The molecule has 0 saturated carbocycles.